The van der Waals surface area contributed by atoms with E-state index >= 15 is 0 Å². The van der Waals surface area contributed by atoms with Gasteiger partial charge in [-0.15, -0.1) is 0 Å². The molecule has 4 heteroatoms. The lowest BCUT2D eigenvalue weighted by atomic mass is 9.99. The van der Waals surface area contributed by atoms with E-state index in [4.69, 9.17) is 4.74 Å². The third kappa shape index (κ3) is 2.39. The zero-order chi connectivity index (χ0) is 15.5. The first-order valence-corrected chi connectivity index (χ1v) is 8.04. The van der Waals surface area contributed by atoms with E-state index < -0.39 is 11.8 Å². The smallest absolute Gasteiger partial charge is 0.134 e. The van der Waals surface area contributed by atoms with Crippen molar-refractivity contribution in [1.82, 2.24) is 4.90 Å². The summed E-state index contributed by atoms with van der Waals surface area (Å²) < 4.78 is 19.9. The van der Waals surface area contributed by atoms with Crippen molar-refractivity contribution in [2.75, 3.05) is 13.2 Å². The van der Waals surface area contributed by atoms with Crippen LogP contribution in [0.1, 0.15) is 38.4 Å². The highest BCUT2D eigenvalue weighted by Crippen LogP contribution is 2.38. The van der Waals surface area contributed by atoms with Gasteiger partial charge in [0.25, 0.3) is 0 Å². The molecule has 4 rings (SSSR count). The van der Waals surface area contributed by atoms with Crippen LogP contribution in [-0.2, 0) is 0 Å². The number of halogens is 1. The van der Waals surface area contributed by atoms with Crippen LogP contribution in [0.15, 0.2) is 12.1 Å². The average molecular weight is 303 g/mol. The van der Waals surface area contributed by atoms with Crippen molar-refractivity contribution in [1.29, 1.82) is 0 Å². The molecule has 0 aromatic heterocycles. The first-order chi connectivity index (χ1) is 10.4. The Balaban J connectivity index is 1.83. The molecular formula is C18H22FNO2. The fourth-order valence-corrected chi connectivity index (χ4v) is 3.55. The summed E-state index contributed by atoms with van der Waals surface area (Å²) in [5.41, 5.74) is -0.402. The Kier molecular flexibility index (Phi) is 3.02. The van der Waals surface area contributed by atoms with Crippen molar-refractivity contribution < 1.29 is 14.2 Å². The maximum Gasteiger partial charge on any atom is 0.134 e. The minimum absolute atomic E-state index is 0.270. The first kappa shape index (κ1) is 14.1. The molecule has 0 spiro atoms. The van der Waals surface area contributed by atoms with Crippen LogP contribution in [0.3, 0.4) is 0 Å². The summed E-state index contributed by atoms with van der Waals surface area (Å²) in [5, 5.41) is 12.1. The van der Waals surface area contributed by atoms with Crippen LogP contribution in [-0.4, -0.2) is 34.9 Å². The predicted octanol–water partition coefficient (Wildman–Crippen LogP) is 1.47. The Morgan fingerprint density at radius 3 is 2.82 bits per heavy atom. The summed E-state index contributed by atoms with van der Waals surface area (Å²) in [6.07, 6.45) is 6.16. The van der Waals surface area contributed by atoms with Gasteiger partial charge in [-0.05, 0) is 37.8 Å². The van der Waals surface area contributed by atoms with Gasteiger partial charge in [-0.1, -0.05) is 18.2 Å². The fourth-order valence-electron chi connectivity index (χ4n) is 3.55. The molecular weight excluding hydrogens is 281 g/mol. The summed E-state index contributed by atoms with van der Waals surface area (Å²) in [6, 6.07) is 4.27. The van der Waals surface area contributed by atoms with Gasteiger partial charge in [-0.3, -0.25) is 0 Å². The summed E-state index contributed by atoms with van der Waals surface area (Å²) in [4.78, 5) is 2.12. The number of ether oxygens (including phenoxy) is 1. The van der Waals surface area contributed by atoms with Crippen LogP contribution in [0, 0.1) is 5.92 Å². The second-order valence-corrected chi connectivity index (χ2v) is 7.33. The molecule has 0 radical (unpaired) electrons. The number of alkyl halides is 1. The molecule has 1 N–H and O–H groups in total. The molecule has 3 nitrogen and oxygen atoms in total. The molecule has 1 aliphatic carbocycles. The van der Waals surface area contributed by atoms with Crippen LogP contribution in [0.2, 0.25) is 0 Å². The van der Waals surface area contributed by atoms with E-state index in [1.807, 2.05) is 12.3 Å². The average Bonchev–Trinajstić information content (AvgIpc) is 3.20. The van der Waals surface area contributed by atoms with Gasteiger partial charge in [0.2, 0.25) is 0 Å². The highest BCUT2D eigenvalue weighted by atomic mass is 19.1. The summed E-state index contributed by atoms with van der Waals surface area (Å²) in [7, 11) is 0. The Labute approximate surface area is 129 Å². The van der Waals surface area contributed by atoms with E-state index in [-0.39, 0.29) is 6.04 Å². The molecule has 0 saturated heterocycles. The Bertz CT molecular complexity index is 718. The predicted molar refractivity (Wildman–Crippen MR) is 83.5 cm³/mol. The number of nitrogens with zero attached hydrogens (tertiary/aromatic N) is 1. The quantitative estimate of drug-likeness (QED) is 0.918. The number of aliphatic hydroxyl groups excluding tert-OH is 1. The lowest BCUT2D eigenvalue weighted by Gasteiger charge is -2.34. The molecule has 0 amide bonds. The molecule has 3 aliphatic rings. The van der Waals surface area contributed by atoms with E-state index in [9.17, 15) is 9.50 Å². The molecule has 1 saturated carbocycles. The summed E-state index contributed by atoms with van der Waals surface area (Å²) in [6.45, 7) is 3.92. The topological polar surface area (TPSA) is 32.7 Å². The van der Waals surface area contributed by atoms with Crippen molar-refractivity contribution in [3.63, 3.8) is 0 Å². The van der Waals surface area contributed by atoms with Gasteiger partial charge in [0.15, 0.2) is 0 Å². The van der Waals surface area contributed by atoms with Crippen LogP contribution in [0.25, 0.3) is 12.3 Å². The number of hydrogen-bond acceptors (Lipinski definition) is 3. The maximum atomic E-state index is 14.2. The van der Waals surface area contributed by atoms with E-state index in [1.54, 1.807) is 13.8 Å². The van der Waals surface area contributed by atoms with E-state index in [1.165, 1.54) is 12.8 Å². The lowest BCUT2D eigenvalue weighted by Crippen LogP contribution is -2.46. The van der Waals surface area contributed by atoms with E-state index in [0.717, 1.165) is 21.8 Å². The molecule has 1 fully saturated rings. The second kappa shape index (κ2) is 4.72. The van der Waals surface area contributed by atoms with Crippen molar-refractivity contribution in [3.05, 3.63) is 28.1 Å². The standard InChI is InChI=1S/C18H22FNO2/c1-18(2,19)10-20-8-14-12(7-15(20)11-3-4-11)5-6-13-16(21)9-22-17(13)14/h5-8,11,15-16,21H,3-4,9-10H2,1-2H3. The van der Waals surface area contributed by atoms with Crippen LogP contribution >= 0.6 is 0 Å². The minimum atomic E-state index is -1.24. The number of aliphatic hydroxyl groups is 1. The molecule has 2 aliphatic heterocycles. The number of benzene rings is 1. The van der Waals surface area contributed by atoms with Gasteiger partial charge in [0, 0.05) is 17.0 Å². The third-order valence-corrected chi connectivity index (χ3v) is 4.70. The minimum Gasteiger partial charge on any atom is -0.489 e. The molecule has 2 atom stereocenters. The van der Waals surface area contributed by atoms with Gasteiger partial charge in [0.1, 0.15) is 24.1 Å². The van der Waals surface area contributed by atoms with Crippen molar-refractivity contribution >= 4 is 12.3 Å². The Morgan fingerprint density at radius 2 is 2.14 bits per heavy atom. The monoisotopic (exact) mass is 303 g/mol. The van der Waals surface area contributed by atoms with Crippen LogP contribution in [0.4, 0.5) is 4.39 Å². The van der Waals surface area contributed by atoms with Gasteiger partial charge >= 0.3 is 0 Å². The summed E-state index contributed by atoms with van der Waals surface area (Å²) in [5.74, 6) is 1.39. The molecule has 2 heterocycles. The van der Waals surface area contributed by atoms with Crippen LogP contribution < -0.4 is 15.2 Å². The zero-order valence-corrected chi connectivity index (χ0v) is 13.1. The van der Waals surface area contributed by atoms with E-state index in [0.29, 0.717) is 19.1 Å². The Morgan fingerprint density at radius 1 is 1.36 bits per heavy atom. The Hall–Kier alpha value is -1.55. The lowest BCUT2D eigenvalue weighted by molar-refractivity contribution is 0.140. The number of fused-ring (bicyclic) bond motifs is 3. The fraction of sp³-hybridized carbons (Fsp3) is 0.556. The molecule has 118 valence electrons. The molecule has 1 aromatic rings. The second-order valence-electron chi connectivity index (χ2n) is 7.33. The summed E-state index contributed by atoms with van der Waals surface area (Å²) >= 11 is 0. The molecule has 1 aromatic carbocycles. The zero-order valence-electron chi connectivity index (χ0n) is 13.1. The normalized spacial score (nSPS) is 26.6. The van der Waals surface area contributed by atoms with Crippen molar-refractivity contribution in [2.24, 2.45) is 5.92 Å². The third-order valence-electron chi connectivity index (χ3n) is 4.70. The largest absolute Gasteiger partial charge is 0.489 e. The maximum absolute atomic E-state index is 14.2. The van der Waals surface area contributed by atoms with E-state index in [2.05, 4.69) is 17.0 Å². The molecule has 2 unspecified atom stereocenters. The highest BCUT2D eigenvalue weighted by Gasteiger charge is 2.36. The number of rotatable bonds is 3. The van der Waals surface area contributed by atoms with Gasteiger partial charge in [0.05, 0.1) is 12.6 Å². The molecule has 22 heavy (non-hydrogen) atoms. The van der Waals surface area contributed by atoms with Crippen molar-refractivity contribution in [3.8, 4) is 5.75 Å². The van der Waals surface area contributed by atoms with Gasteiger partial charge < -0.3 is 14.7 Å². The van der Waals surface area contributed by atoms with Crippen LogP contribution in [0.5, 0.6) is 5.75 Å². The number of hydrogen-bond donors (Lipinski definition) is 1. The van der Waals surface area contributed by atoms with Gasteiger partial charge in [-0.2, -0.15) is 0 Å². The van der Waals surface area contributed by atoms with Gasteiger partial charge in [-0.25, -0.2) is 4.39 Å². The SMILES string of the molecule is CC(C)(F)CN1C=c2c3c(ccc2=CC1C1CC1)C(O)CO3. The first-order valence-electron chi connectivity index (χ1n) is 8.04. The molecule has 0 bridgehead atoms. The van der Waals surface area contributed by atoms with Crippen molar-refractivity contribution in [2.45, 2.75) is 44.5 Å². The highest BCUT2D eigenvalue weighted by molar-refractivity contribution is 5.52.